The van der Waals surface area contributed by atoms with Crippen molar-refractivity contribution < 1.29 is 19.1 Å². The number of hydrogen-bond donors (Lipinski definition) is 0. The lowest BCUT2D eigenvalue weighted by Gasteiger charge is -2.23. The van der Waals surface area contributed by atoms with Gasteiger partial charge < -0.3 is 14.4 Å². The van der Waals surface area contributed by atoms with Crippen LogP contribution in [0.5, 0.6) is 11.5 Å². The first kappa shape index (κ1) is 22.6. The van der Waals surface area contributed by atoms with Crippen molar-refractivity contribution >= 4 is 29.4 Å². The summed E-state index contributed by atoms with van der Waals surface area (Å²) in [6.07, 6.45) is 5.09. The van der Waals surface area contributed by atoms with E-state index in [2.05, 4.69) is 4.99 Å². The van der Waals surface area contributed by atoms with Crippen LogP contribution in [0.25, 0.3) is 6.08 Å². The second-order valence-corrected chi connectivity index (χ2v) is 8.23. The molecule has 2 aromatic carbocycles. The molecule has 2 aromatic rings. The average molecular weight is 448 g/mol. The Labute approximate surface area is 194 Å². The molecule has 2 aliphatic rings. The van der Waals surface area contributed by atoms with Crippen molar-refractivity contribution in [2.45, 2.75) is 38.7 Å². The minimum atomic E-state index is -0.712. The van der Waals surface area contributed by atoms with Crippen molar-refractivity contribution in [1.29, 1.82) is 0 Å². The summed E-state index contributed by atoms with van der Waals surface area (Å²) in [6, 6.07) is 14.8. The molecule has 1 unspecified atom stereocenters. The van der Waals surface area contributed by atoms with Crippen LogP contribution in [0.1, 0.15) is 38.2 Å². The van der Waals surface area contributed by atoms with Gasteiger partial charge in [0.15, 0.2) is 17.6 Å². The van der Waals surface area contributed by atoms with Crippen LogP contribution < -0.4 is 14.4 Å². The van der Waals surface area contributed by atoms with E-state index >= 15 is 0 Å². The van der Waals surface area contributed by atoms with E-state index in [1.54, 1.807) is 49.1 Å². The van der Waals surface area contributed by atoms with E-state index in [0.717, 1.165) is 49.3 Å². The lowest BCUT2D eigenvalue weighted by atomic mass is 10.1. The van der Waals surface area contributed by atoms with Crippen molar-refractivity contribution in [3.63, 3.8) is 0 Å². The van der Waals surface area contributed by atoms with Crippen LogP contribution in [-0.2, 0) is 9.59 Å². The zero-order valence-corrected chi connectivity index (χ0v) is 19.3. The maximum Gasteiger partial charge on any atom is 0.277 e. The van der Waals surface area contributed by atoms with Crippen LogP contribution in [0.2, 0.25) is 0 Å². The summed E-state index contributed by atoms with van der Waals surface area (Å²) >= 11 is 0. The third-order valence-corrected chi connectivity index (χ3v) is 5.92. The van der Waals surface area contributed by atoms with Gasteiger partial charge in [0.25, 0.3) is 11.8 Å². The monoisotopic (exact) mass is 447 g/mol. The van der Waals surface area contributed by atoms with Gasteiger partial charge in [-0.15, -0.1) is 0 Å². The zero-order chi connectivity index (χ0) is 23.4. The molecule has 0 N–H and O–H groups in total. The number of methoxy groups -OCH3 is 1. The van der Waals surface area contributed by atoms with E-state index in [1.165, 1.54) is 0 Å². The molecular formula is C26H29N3O4. The van der Waals surface area contributed by atoms with E-state index in [9.17, 15) is 9.59 Å². The summed E-state index contributed by atoms with van der Waals surface area (Å²) in [4.78, 5) is 33.5. The molecule has 0 radical (unpaired) electrons. The van der Waals surface area contributed by atoms with Gasteiger partial charge in [0, 0.05) is 25.7 Å². The van der Waals surface area contributed by atoms with E-state index in [4.69, 9.17) is 9.47 Å². The predicted molar refractivity (Wildman–Crippen MR) is 129 cm³/mol. The number of fused-ring (bicyclic) bond motifs is 1. The minimum absolute atomic E-state index is 0.0469. The molecule has 2 aliphatic heterocycles. The van der Waals surface area contributed by atoms with Gasteiger partial charge in [-0.25, -0.2) is 4.99 Å². The molecule has 2 heterocycles. The molecule has 1 atom stereocenters. The Morgan fingerprint density at radius 1 is 1.12 bits per heavy atom. The first-order chi connectivity index (χ1) is 16.0. The molecule has 7 heteroatoms. The van der Waals surface area contributed by atoms with Crippen molar-refractivity contribution in [1.82, 2.24) is 4.90 Å². The van der Waals surface area contributed by atoms with E-state index < -0.39 is 6.10 Å². The Morgan fingerprint density at radius 2 is 1.91 bits per heavy atom. The van der Waals surface area contributed by atoms with Gasteiger partial charge in [0.2, 0.25) is 0 Å². The Bertz CT molecular complexity index is 1090. The number of likely N-dealkylation sites (N-methyl/N-ethyl adjacent to an activating group) is 1. The van der Waals surface area contributed by atoms with E-state index in [1.807, 2.05) is 36.4 Å². The Kier molecular flexibility index (Phi) is 6.77. The van der Waals surface area contributed by atoms with Crippen LogP contribution in [0.3, 0.4) is 0 Å². The molecular weight excluding hydrogens is 418 g/mol. The van der Waals surface area contributed by atoms with Crippen LogP contribution in [0.15, 0.2) is 59.2 Å². The Balaban J connectivity index is 1.50. The van der Waals surface area contributed by atoms with Gasteiger partial charge in [-0.1, -0.05) is 30.7 Å². The molecule has 0 bridgehead atoms. The van der Waals surface area contributed by atoms with Gasteiger partial charge in [0.1, 0.15) is 11.5 Å². The summed E-state index contributed by atoms with van der Waals surface area (Å²) in [7, 11) is 3.27. The first-order valence-corrected chi connectivity index (χ1v) is 11.3. The summed E-state index contributed by atoms with van der Waals surface area (Å²) in [5.74, 6) is 1.59. The number of aliphatic imine (C=N–C) groups is 1. The number of benzene rings is 2. The van der Waals surface area contributed by atoms with Crippen molar-refractivity contribution in [3.05, 3.63) is 59.8 Å². The molecule has 0 aromatic heterocycles. The highest BCUT2D eigenvalue weighted by molar-refractivity contribution is 6.14. The SMILES string of the molecule is COc1cc(/C=C2/N=C3CCCCCN3C2=O)ccc1OC(C)C(=O)N(C)c1ccccc1. The van der Waals surface area contributed by atoms with Crippen LogP contribution >= 0.6 is 0 Å². The molecule has 0 saturated carbocycles. The number of hydrogen-bond acceptors (Lipinski definition) is 5. The van der Waals surface area contributed by atoms with Gasteiger partial charge in [0.05, 0.1) is 7.11 Å². The molecule has 2 amide bonds. The standard InChI is InChI=1S/C26H29N3O4/c1-18(25(30)28(2)20-10-6-4-7-11-20)33-22-14-13-19(17-23(22)32-3)16-21-26(31)29-15-9-5-8-12-24(29)27-21/h4,6-7,10-11,13-14,16-18H,5,8-9,12,15H2,1-3H3/b21-16+. The zero-order valence-electron chi connectivity index (χ0n) is 19.3. The number of carbonyl (C=O) groups excluding carboxylic acids is 2. The Morgan fingerprint density at radius 3 is 2.67 bits per heavy atom. The topological polar surface area (TPSA) is 71.4 Å². The molecule has 0 aliphatic carbocycles. The molecule has 7 nitrogen and oxygen atoms in total. The number of nitrogens with zero attached hydrogens (tertiary/aromatic N) is 3. The fourth-order valence-electron chi connectivity index (χ4n) is 4.07. The first-order valence-electron chi connectivity index (χ1n) is 11.3. The van der Waals surface area contributed by atoms with Crippen molar-refractivity contribution in [2.24, 2.45) is 4.99 Å². The molecule has 4 rings (SSSR count). The normalized spacial score (nSPS) is 17.8. The summed E-state index contributed by atoms with van der Waals surface area (Å²) < 4.78 is 11.4. The van der Waals surface area contributed by atoms with Crippen molar-refractivity contribution in [2.75, 3.05) is 25.6 Å². The van der Waals surface area contributed by atoms with Crippen LogP contribution in [-0.4, -0.2) is 49.4 Å². The third-order valence-electron chi connectivity index (χ3n) is 5.92. The summed E-state index contributed by atoms with van der Waals surface area (Å²) in [5.41, 5.74) is 2.02. The highest BCUT2D eigenvalue weighted by Gasteiger charge is 2.30. The number of rotatable bonds is 6. The maximum atomic E-state index is 12.8. The number of amidine groups is 1. The highest BCUT2D eigenvalue weighted by Crippen LogP contribution is 2.31. The van der Waals surface area contributed by atoms with Gasteiger partial charge >= 0.3 is 0 Å². The van der Waals surface area contributed by atoms with E-state index in [0.29, 0.717) is 17.2 Å². The quantitative estimate of drug-likeness (QED) is 0.620. The summed E-state index contributed by atoms with van der Waals surface area (Å²) in [5, 5.41) is 0. The largest absolute Gasteiger partial charge is 0.493 e. The number of carbonyl (C=O) groups is 2. The van der Waals surface area contributed by atoms with Crippen molar-refractivity contribution in [3.8, 4) is 11.5 Å². The fraction of sp³-hybridized carbons (Fsp3) is 0.346. The molecule has 172 valence electrons. The summed E-state index contributed by atoms with van der Waals surface area (Å²) in [6.45, 7) is 2.44. The van der Waals surface area contributed by atoms with E-state index in [-0.39, 0.29) is 11.8 Å². The second-order valence-electron chi connectivity index (χ2n) is 8.23. The highest BCUT2D eigenvalue weighted by atomic mass is 16.5. The minimum Gasteiger partial charge on any atom is -0.493 e. The fourth-order valence-corrected chi connectivity index (χ4v) is 4.07. The average Bonchev–Trinajstić information content (AvgIpc) is 2.99. The lowest BCUT2D eigenvalue weighted by Crippen LogP contribution is -2.38. The molecule has 1 saturated heterocycles. The number of ether oxygens (including phenoxy) is 2. The van der Waals surface area contributed by atoms with Crippen LogP contribution in [0.4, 0.5) is 5.69 Å². The van der Waals surface area contributed by atoms with Gasteiger partial charge in [-0.2, -0.15) is 0 Å². The lowest BCUT2D eigenvalue weighted by molar-refractivity contribution is -0.124. The number of para-hydroxylation sites is 1. The molecule has 33 heavy (non-hydrogen) atoms. The predicted octanol–water partition coefficient (Wildman–Crippen LogP) is 4.28. The number of amides is 2. The van der Waals surface area contributed by atoms with Gasteiger partial charge in [-0.3, -0.25) is 14.5 Å². The van der Waals surface area contributed by atoms with Crippen LogP contribution in [0, 0.1) is 0 Å². The molecule has 0 spiro atoms. The van der Waals surface area contributed by atoms with Gasteiger partial charge in [-0.05, 0) is 55.7 Å². The smallest absolute Gasteiger partial charge is 0.277 e. The second kappa shape index (κ2) is 9.90. The number of anilines is 1. The Hall–Kier alpha value is -3.61. The third kappa shape index (κ3) is 4.92. The maximum absolute atomic E-state index is 12.8. The molecule has 1 fully saturated rings.